The number of carbonyl (C=O) groups excluding carboxylic acids is 1. The van der Waals surface area contributed by atoms with E-state index in [-0.39, 0.29) is 6.61 Å². The lowest BCUT2D eigenvalue weighted by Gasteiger charge is -2.09. The van der Waals surface area contributed by atoms with E-state index in [1.165, 1.54) is 7.11 Å². The summed E-state index contributed by atoms with van der Waals surface area (Å²) < 4.78 is 19.5. The molecule has 6 nitrogen and oxygen atoms in total. The molecule has 0 rings (SSSR count). The van der Waals surface area contributed by atoms with Gasteiger partial charge in [0.05, 0.1) is 40.1 Å². The molecule has 0 aliphatic carbocycles. The highest BCUT2D eigenvalue weighted by Gasteiger charge is 2.12. The van der Waals surface area contributed by atoms with Crippen molar-refractivity contribution in [2.24, 2.45) is 5.73 Å². The minimum Gasteiger partial charge on any atom is -0.468 e. The van der Waals surface area contributed by atoms with Crippen LogP contribution >= 0.6 is 0 Å². The number of hydrogen-bond donors (Lipinski definition) is 1. The predicted molar refractivity (Wildman–Crippen MR) is 53.5 cm³/mol. The van der Waals surface area contributed by atoms with Crippen molar-refractivity contribution in [3.8, 4) is 0 Å². The Morgan fingerprint density at radius 2 is 1.73 bits per heavy atom. The summed E-state index contributed by atoms with van der Waals surface area (Å²) in [6.45, 7) is 2.08. The van der Waals surface area contributed by atoms with Gasteiger partial charge in [0, 0.05) is 7.11 Å². The van der Waals surface area contributed by atoms with Crippen LogP contribution in [0.25, 0.3) is 0 Å². The number of esters is 1. The first-order chi connectivity index (χ1) is 7.22. The van der Waals surface area contributed by atoms with Crippen molar-refractivity contribution >= 4 is 5.97 Å². The summed E-state index contributed by atoms with van der Waals surface area (Å²) in [5.74, 6) is -0.477. The number of nitrogens with two attached hydrogens (primary N) is 1. The van der Waals surface area contributed by atoms with Gasteiger partial charge in [-0.3, -0.25) is 4.79 Å². The summed E-state index contributed by atoms with van der Waals surface area (Å²) in [7, 11) is 2.89. The highest BCUT2D eigenvalue weighted by molar-refractivity contribution is 5.75. The minimum atomic E-state index is -0.728. The predicted octanol–water partition coefficient (Wildman–Crippen LogP) is -0.834. The van der Waals surface area contributed by atoms with E-state index in [1.807, 2.05) is 0 Å². The molecule has 6 heteroatoms. The van der Waals surface area contributed by atoms with E-state index in [0.717, 1.165) is 0 Å². The van der Waals surface area contributed by atoms with Gasteiger partial charge in [0.25, 0.3) is 0 Å². The van der Waals surface area contributed by atoms with Crippen molar-refractivity contribution in [3.63, 3.8) is 0 Å². The quantitative estimate of drug-likeness (QED) is 0.404. The molecular formula is C9H19NO5. The standard InChI is InChI=1S/C9H19NO5/c1-12-3-4-14-5-6-15-7-8(10)9(11)13-2/h8H,3-7,10H2,1-2H3. The molecule has 0 fully saturated rings. The van der Waals surface area contributed by atoms with Gasteiger partial charge in [-0.25, -0.2) is 0 Å². The molecule has 0 spiro atoms. The van der Waals surface area contributed by atoms with E-state index in [1.54, 1.807) is 7.11 Å². The van der Waals surface area contributed by atoms with Gasteiger partial charge in [0.2, 0.25) is 0 Å². The van der Waals surface area contributed by atoms with E-state index < -0.39 is 12.0 Å². The highest BCUT2D eigenvalue weighted by Crippen LogP contribution is 1.86. The van der Waals surface area contributed by atoms with Crippen LogP contribution in [0.1, 0.15) is 0 Å². The minimum absolute atomic E-state index is 0.139. The van der Waals surface area contributed by atoms with Crippen LogP contribution in [0.2, 0.25) is 0 Å². The maximum absolute atomic E-state index is 10.8. The monoisotopic (exact) mass is 221 g/mol. The molecular weight excluding hydrogens is 202 g/mol. The number of carbonyl (C=O) groups is 1. The van der Waals surface area contributed by atoms with Crippen LogP contribution in [-0.2, 0) is 23.7 Å². The van der Waals surface area contributed by atoms with E-state index in [0.29, 0.717) is 26.4 Å². The molecule has 2 N–H and O–H groups in total. The second-order valence-corrected chi connectivity index (χ2v) is 2.81. The fourth-order valence-electron chi connectivity index (χ4n) is 0.792. The van der Waals surface area contributed by atoms with Gasteiger partial charge in [-0.05, 0) is 0 Å². The van der Waals surface area contributed by atoms with Crippen molar-refractivity contribution in [2.75, 3.05) is 47.3 Å². The maximum atomic E-state index is 10.8. The summed E-state index contributed by atoms with van der Waals surface area (Å²) >= 11 is 0. The maximum Gasteiger partial charge on any atom is 0.325 e. The Morgan fingerprint density at radius 3 is 2.33 bits per heavy atom. The van der Waals surface area contributed by atoms with Crippen molar-refractivity contribution in [1.29, 1.82) is 0 Å². The Balaban J connectivity index is 3.20. The first kappa shape index (κ1) is 14.3. The molecule has 0 saturated heterocycles. The third-order valence-corrected chi connectivity index (χ3v) is 1.61. The normalized spacial score (nSPS) is 12.5. The van der Waals surface area contributed by atoms with Gasteiger partial charge in [0.1, 0.15) is 6.04 Å². The number of methoxy groups -OCH3 is 2. The van der Waals surface area contributed by atoms with Gasteiger partial charge >= 0.3 is 5.97 Å². The Bertz CT molecular complexity index is 165. The van der Waals surface area contributed by atoms with E-state index in [4.69, 9.17) is 19.9 Å². The molecule has 0 radical (unpaired) electrons. The van der Waals surface area contributed by atoms with Gasteiger partial charge in [-0.15, -0.1) is 0 Å². The molecule has 0 aromatic heterocycles. The first-order valence-corrected chi connectivity index (χ1v) is 4.70. The first-order valence-electron chi connectivity index (χ1n) is 4.70. The van der Waals surface area contributed by atoms with Gasteiger partial charge in [0.15, 0.2) is 0 Å². The average Bonchev–Trinajstić information content (AvgIpc) is 2.26. The van der Waals surface area contributed by atoms with Crippen LogP contribution < -0.4 is 5.73 Å². The zero-order chi connectivity index (χ0) is 11.5. The van der Waals surface area contributed by atoms with Gasteiger partial charge in [-0.2, -0.15) is 0 Å². The Labute approximate surface area is 89.6 Å². The van der Waals surface area contributed by atoms with Crippen molar-refractivity contribution in [3.05, 3.63) is 0 Å². The topological polar surface area (TPSA) is 80.0 Å². The second-order valence-electron chi connectivity index (χ2n) is 2.81. The lowest BCUT2D eigenvalue weighted by atomic mass is 10.3. The van der Waals surface area contributed by atoms with Crippen LogP contribution in [-0.4, -0.2) is 59.3 Å². The molecule has 0 aromatic carbocycles. The Hall–Kier alpha value is -0.690. The highest BCUT2D eigenvalue weighted by atomic mass is 16.5. The molecule has 90 valence electrons. The summed E-state index contributed by atoms with van der Waals surface area (Å²) in [6, 6.07) is -0.728. The lowest BCUT2D eigenvalue weighted by molar-refractivity contribution is -0.143. The lowest BCUT2D eigenvalue weighted by Crippen LogP contribution is -2.36. The zero-order valence-electron chi connectivity index (χ0n) is 9.23. The SMILES string of the molecule is COCCOCCOCC(N)C(=O)OC. The Morgan fingerprint density at radius 1 is 1.13 bits per heavy atom. The molecule has 0 saturated carbocycles. The van der Waals surface area contributed by atoms with E-state index in [2.05, 4.69) is 4.74 Å². The third-order valence-electron chi connectivity index (χ3n) is 1.61. The molecule has 0 aliphatic heterocycles. The van der Waals surface area contributed by atoms with Gasteiger partial charge < -0.3 is 24.7 Å². The Kier molecular flexibility index (Phi) is 9.40. The molecule has 0 bridgehead atoms. The molecule has 0 amide bonds. The summed E-state index contributed by atoms with van der Waals surface area (Å²) in [6.07, 6.45) is 0. The second kappa shape index (κ2) is 9.85. The van der Waals surface area contributed by atoms with Crippen LogP contribution in [0.15, 0.2) is 0 Å². The summed E-state index contributed by atoms with van der Waals surface area (Å²) in [4.78, 5) is 10.8. The average molecular weight is 221 g/mol. The largest absolute Gasteiger partial charge is 0.468 e. The van der Waals surface area contributed by atoms with Crippen LogP contribution in [0.3, 0.4) is 0 Å². The van der Waals surface area contributed by atoms with E-state index >= 15 is 0 Å². The molecule has 1 unspecified atom stereocenters. The summed E-state index contributed by atoms with van der Waals surface area (Å²) in [5, 5.41) is 0. The fourth-order valence-corrected chi connectivity index (χ4v) is 0.792. The van der Waals surface area contributed by atoms with Crippen molar-refractivity contribution in [1.82, 2.24) is 0 Å². The van der Waals surface area contributed by atoms with Gasteiger partial charge in [-0.1, -0.05) is 0 Å². The molecule has 0 aliphatic rings. The van der Waals surface area contributed by atoms with E-state index in [9.17, 15) is 4.79 Å². The number of ether oxygens (including phenoxy) is 4. The third kappa shape index (κ3) is 8.31. The number of rotatable bonds is 9. The fraction of sp³-hybridized carbons (Fsp3) is 0.889. The molecule has 1 atom stereocenters. The van der Waals surface area contributed by atoms with Crippen LogP contribution in [0.4, 0.5) is 0 Å². The van der Waals surface area contributed by atoms with Crippen LogP contribution in [0.5, 0.6) is 0 Å². The van der Waals surface area contributed by atoms with Crippen molar-refractivity contribution in [2.45, 2.75) is 6.04 Å². The zero-order valence-corrected chi connectivity index (χ0v) is 9.23. The number of hydrogen-bond acceptors (Lipinski definition) is 6. The summed E-state index contributed by atoms with van der Waals surface area (Å²) in [5.41, 5.74) is 5.43. The molecule has 0 aromatic rings. The molecule has 0 heterocycles. The van der Waals surface area contributed by atoms with Crippen LogP contribution in [0, 0.1) is 0 Å². The van der Waals surface area contributed by atoms with Crippen molar-refractivity contribution < 1.29 is 23.7 Å². The smallest absolute Gasteiger partial charge is 0.325 e. The molecule has 15 heavy (non-hydrogen) atoms.